The van der Waals surface area contributed by atoms with Gasteiger partial charge in [0.1, 0.15) is 5.75 Å². The number of hydrogen-bond donors (Lipinski definition) is 1. The Kier molecular flexibility index (Phi) is 4.75. The molecule has 0 radical (unpaired) electrons. The predicted molar refractivity (Wildman–Crippen MR) is 71.3 cm³/mol. The molecule has 0 unspecified atom stereocenters. The summed E-state index contributed by atoms with van der Waals surface area (Å²) in [6, 6.07) is 7.42. The van der Waals surface area contributed by atoms with Crippen molar-refractivity contribution in [1.82, 2.24) is 5.32 Å². The first kappa shape index (κ1) is 14.3. The maximum atomic E-state index is 12.0. The molecule has 2 nitrogen and oxygen atoms in total. The van der Waals surface area contributed by atoms with Crippen molar-refractivity contribution in [2.75, 3.05) is 0 Å². The third-order valence-electron chi connectivity index (χ3n) is 3.86. The highest BCUT2D eigenvalue weighted by Gasteiger charge is 2.30. The van der Waals surface area contributed by atoms with Gasteiger partial charge in [-0.25, -0.2) is 0 Å². The summed E-state index contributed by atoms with van der Waals surface area (Å²) in [7, 11) is 0. The van der Waals surface area contributed by atoms with Crippen LogP contribution in [-0.4, -0.2) is 12.7 Å². The van der Waals surface area contributed by atoms with Crippen LogP contribution in [0.2, 0.25) is 0 Å². The van der Waals surface area contributed by atoms with Crippen molar-refractivity contribution in [2.45, 2.75) is 45.9 Å². The van der Waals surface area contributed by atoms with E-state index in [2.05, 4.69) is 23.9 Å². The molecule has 1 saturated carbocycles. The van der Waals surface area contributed by atoms with Gasteiger partial charge in [0.25, 0.3) is 0 Å². The second kappa shape index (κ2) is 6.33. The second-order valence-electron chi connectivity index (χ2n) is 5.58. The van der Waals surface area contributed by atoms with Crippen LogP contribution in [0.25, 0.3) is 0 Å². The molecule has 4 heteroatoms. The van der Waals surface area contributed by atoms with E-state index in [1.54, 1.807) is 12.1 Å². The third kappa shape index (κ3) is 4.16. The van der Waals surface area contributed by atoms with Gasteiger partial charge < -0.3 is 10.1 Å². The van der Waals surface area contributed by atoms with E-state index in [-0.39, 0.29) is 5.75 Å². The smallest absolute Gasteiger partial charge is 0.387 e. The van der Waals surface area contributed by atoms with Crippen LogP contribution in [0.15, 0.2) is 24.3 Å². The third-order valence-corrected chi connectivity index (χ3v) is 3.86. The van der Waals surface area contributed by atoms with Gasteiger partial charge >= 0.3 is 6.61 Å². The lowest BCUT2D eigenvalue weighted by Crippen LogP contribution is -2.42. The number of hydrogen-bond acceptors (Lipinski definition) is 2. The molecule has 0 spiro atoms. The highest BCUT2D eigenvalue weighted by molar-refractivity contribution is 5.27. The van der Waals surface area contributed by atoms with Gasteiger partial charge in [-0.05, 0) is 42.4 Å². The summed E-state index contributed by atoms with van der Waals surface area (Å²) < 4.78 is 28.3. The fraction of sp³-hybridized carbons (Fsp3) is 0.600. The fourth-order valence-electron chi connectivity index (χ4n) is 2.42. The molecule has 19 heavy (non-hydrogen) atoms. The average molecular weight is 269 g/mol. The van der Waals surface area contributed by atoms with E-state index < -0.39 is 6.61 Å². The minimum absolute atomic E-state index is 0.210. The maximum Gasteiger partial charge on any atom is 0.387 e. The lowest BCUT2D eigenvalue weighted by molar-refractivity contribution is -0.0498. The summed E-state index contributed by atoms with van der Waals surface area (Å²) in [6.45, 7) is 2.56. The average Bonchev–Trinajstić information content (AvgIpc) is 2.28. The summed E-state index contributed by atoms with van der Waals surface area (Å²) in [5.74, 6) is 1.82. The van der Waals surface area contributed by atoms with Crippen molar-refractivity contribution in [3.63, 3.8) is 0 Å². The number of ether oxygens (including phenoxy) is 1. The van der Waals surface area contributed by atoms with Crippen molar-refractivity contribution in [3.05, 3.63) is 29.8 Å². The molecule has 1 aliphatic rings. The molecule has 0 bridgehead atoms. The molecular weight excluding hydrogens is 248 g/mol. The van der Waals surface area contributed by atoms with E-state index in [0.717, 1.165) is 23.9 Å². The molecule has 106 valence electrons. The maximum absolute atomic E-state index is 12.0. The van der Waals surface area contributed by atoms with Gasteiger partial charge in [0.15, 0.2) is 0 Å². The molecule has 0 aromatic heterocycles. The van der Waals surface area contributed by atoms with E-state index in [0.29, 0.717) is 6.04 Å². The fourth-order valence-corrected chi connectivity index (χ4v) is 2.42. The van der Waals surface area contributed by atoms with Crippen molar-refractivity contribution < 1.29 is 13.5 Å². The van der Waals surface area contributed by atoms with Crippen LogP contribution in [0, 0.1) is 11.8 Å². The summed E-state index contributed by atoms with van der Waals surface area (Å²) in [5.41, 5.74) is 1.09. The number of rotatable bonds is 6. The Morgan fingerprint density at radius 1 is 1.21 bits per heavy atom. The molecule has 1 aromatic carbocycles. The minimum atomic E-state index is -2.76. The summed E-state index contributed by atoms with van der Waals surface area (Å²) >= 11 is 0. The van der Waals surface area contributed by atoms with Crippen LogP contribution in [0.5, 0.6) is 5.75 Å². The number of alkyl halides is 2. The second-order valence-corrected chi connectivity index (χ2v) is 5.58. The Balaban J connectivity index is 1.72. The number of nitrogens with one attached hydrogen (secondary N) is 1. The van der Waals surface area contributed by atoms with Crippen LogP contribution in [0.1, 0.15) is 32.3 Å². The zero-order valence-electron chi connectivity index (χ0n) is 11.4. The topological polar surface area (TPSA) is 21.3 Å². The first-order chi connectivity index (χ1) is 9.04. The van der Waals surface area contributed by atoms with Crippen LogP contribution in [0.3, 0.4) is 0 Å². The standard InChI is InChI=1S/C15H21F2NO/c1-10(2)12-7-13(8-12)18-9-11-3-5-14(6-4-11)19-15(16)17/h3-6,10,12-13,15,18H,7-9H2,1-2H3. The van der Waals surface area contributed by atoms with E-state index in [9.17, 15) is 8.78 Å². The Labute approximate surface area is 113 Å². The molecule has 1 fully saturated rings. The normalized spacial score (nSPS) is 22.6. The molecule has 0 heterocycles. The Bertz CT molecular complexity index is 386. The van der Waals surface area contributed by atoms with E-state index in [1.807, 2.05) is 12.1 Å². The Morgan fingerprint density at radius 3 is 2.37 bits per heavy atom. The van der Waals surface area contributed by atoms with Gasteiger partial charge in [-0.15, -0.1) is 0 Å². The van der Waals surface area contributed by atoms with E-state index in [1.165, 1.54) is 12.8 Å². The molecule has 1 N–H and O–H groups in total. The SMILES string of the molecule is CC(C)C1CC(NCc2ccc(OC(F)F)cc2)C1. The van der Waals surface area contributed by atoms with Gasteiger partial charge in [-0.2, -0.15) is 8.78 Å². The summed E-state index contributed by atoms with van der Waals surface area (Å²) in [4.78, 5) is 0. The van der Waals surface area contributed by atoms with Crippen molar-refractivity contribution in [1.29, 1.82) is 0 Å². The van der Waals surface area contributed by atoms with Crippen LogP contribution >= 0.6 is 0 Å². The van der Waals surface area contributed by atoms with E-state index in [4.69, 9.17) is 0 Å². The van der Waals surface area contributed by atoms with Crippen LogP contribution < -0.4 is 10.1 Å². The van der Waals surface area contributed by atoms with Gasteiger partial charge in [-0.3, -0.25) is 0 Å². The van der Waals surface area contributed by atoms with Crippen molar-refractivity contribution in [3.8, 4) is 5.75 Å². The number of benzene rings is 1. The first-order valence-electron chi connectivity index (χ1n) is 6.81. The van der Waals surface area contributed by atoms with Gasteiger partial charge in [0, 0.05) is 12.6 Å². The molecule has 0 amide bonds. The highest BCUT2D eigenvalue weighted by atomic mass is 19.3. The Hall–Kier alpha value is -1.16. The lowest BCUT2D eigenvalue weighted by atomic mass is 9.73. The van der Waals surface area contributed by atoms with Crippen molar-refractivity contribution in [2.24, 2.45) is 11.8 Å². The van der Waals surface area contributed by atoms with Crippen molar-refractivity contribution >= 4 is 0 Å². The molecule has 2 rings (SSSR count). The van der Waals surface area contributed by atoms with Crippen LogP contribution in [0.4, 0.5) is 8.78 Å². The lowest BCUT2D eigenvalue weighted by Gasteiger charge is -2.38. The zero-order chi connectivity index (χ0) is 13.8. The zero-order valence-corrected chi connectivity index (χ0v) is 11.4. The quantitative estimate of drug-likeness (QED) is 0.848. The van der Waals surface area contributed by atoms with Crippen LogP contribution in [-0.2, 0) is 6.54 Å². The largest absolute Gasteiger partial charge is 0.435 e. The minimum Gasteiger partial charge on any atom is -0.435 e. The molecule has 1 aliphatic carbocycles. The Morgan fingerprint density at radius 2 is 1.84 bits per heavy atom. The predicted octanol–water partition coefficient (Wildman–Crippen LogP) is 3.81. The van der Waals surface area contributed by atoms with Gasteiger partial charge in [0.05, 0.1) is 0 Å². The molecule has 0 saturated heterocycles. The summed E-state index contributed by atoms with van der Waals surface area (Å²) in [6.07, 6.45) is 2.48. The number of halogens is 2. The monoisotopic (exact) mass is 269 g/mol. The summed E-state index contributed by atoms with van der Waals surface area (Å²) in [5, 5.41) is 3.49. The molecule has 0 aliphatic heterocycles. The molecule has 1 aromatic rings. The van der Waals surface area contributed by atoms with Gasteiger partial charge in [-0.1, -0.05) is 26.0 Å². The van der Waals surface area contributed by atoms with E-state index >= 15 is 0 Å². The molecule has 0 atom stereocenters. The highest BCUT2D eigenvalue weighted by Crippen LogP contribution is 2.33. The van der Waals surface area contributed by atoms with Gasteiger partial charge in [0.2, 0.25) is 0 Å². The first-order valence-corrected chi connectivity index (χ1v) is 6.81. The molecular formula is C15H21F2NO.